The first-order valence-corrected chi connectivity index (χ1v) is 9.02. The molecule has 130 valence electrons. The van der Waals surface area contributed by atoms with Crippen LogP contribution in [0.4, 0.5) is 0 Å². The van der Waals surface area contributed by atoms with E-state index in [1.54, 1.807) is 0 Å². The summed E-state index contributed by atoms with van der Waals surface area (Å²) in [6.45, 7) is 12.6. The molecule has 24 heavy (non-hydrogen) atoms. The van der Waals surface area contributed by atoms with E-state index < -0.39 is 0 Å². The van der Waals surface area contributed by atoms with Gasteiger partial charge in [-0.05, 0) is 45.4 Å². The summed E-state index contributed by atoms with van der Waals surface area (Å²) in [5, 5.41) is 0. The molecule has 2 atom stereocenters. The van der Waals surface area contributed by atoms with Crippen molar-refractivity contribution in [2.24, 2.45) is 17.3 Å². The number of rotatable bonds is 6. The molecule has 1 aliphatic heterocycles. The number of hydrogen-bond donors (Lipinski definition) is 0. The summed E-state index contributed by atoms with van der Waals surface area (Å²) in [4.78, 5) is 8.99. The fourth-order valence-corrected chi connectivity index (χ4v) is 3.88. The average molecular weight is 328 g/mol. The summed E-state index contributed by atoms with van der Waals surface area (Å²) in [6.07, 6.45) is 6.49. The van der Waals surface area contributed by atoms with Crippen LogP contribution in [-0.4, -0.2) is 32.3 Å². The van der Waals surface area contributed by atoms with E-state index in [1.165, 1.54) is 23.5 Å². The van der Waals surface area contributed by atoms with E-state index in [0.717, 1.165) is 50.3 Å². The molecule has 2 unspecified atom stereocenters. The Morgan fingerprint density at radius 2 is 1.79 bits per heavy atom. The Hall–Kier alpha value is -1.62. The van der Waals surface area contributed by atoms with Crippen LogP contribution in [0.1, 0.15) is 36.1 Å². The summed E-state index contributed by atoms with van der Waals surface area (Å²) in [7, 11) is 0. The smallest absolute Gasteiger partial charge is 0.0951 e. The largest absolute Gasteiger partial charge is 0.380 e. The van der Waals surface area contributed by atoms with Crippen molar-refractivity contribution in [3.05, 3.63) is 35.4 Å². The zero-order valence-electron chi connectivity index (χ0n) is 15.2. The Balaban J connectivity index is 1.40. The molecule has 0 amide bonds. The minimum Gasteiger partial charge on any atom is -0.380 e. The van der Waals surface area contributed by atoms with Gasteiger partial charge in [0.15, 0.2) is 0 Å². The molecule has 0 aromatic carbocycles. The fraction of sp³-hybridized carbons (Fsp3) is 0.684. The maximum absolute atomic E-state index is 5.40. The van der Waals surface area contributed by atoms with Crippen LogP contribution in [0.2, 0.25) is 0 Å². The number of aryl methyl sites for hydroxylation is 2. The van der Waals surface area contributed by atoms with Crippen molar-refractivity contribution < 1.29 is 4.74 Å². The van der Waals surface area contributed by atoms with Gasteiger partial charge in [-0.15, -0.1) is 0 Å². The van der Waals surface area contributed by atoms with E-state index in [1.807, 2.05) is 12.7 Å². The van der Waals surface area contributed by atoms with Crippen molar-refractivity contribution in [2.45, 2.75) is 53.6 Å². The summed E-state index contributed by atoms with van der Waals surface area (Å²) >= 11 is 0. The molecule has 2 aliphatic rings. The fourth-order valence-electron chi connectivity index (χ4n) is 3.88. The topological polar surface area (TPSA) is 44.9 Å². The normalized spacial score (nSPS) is 24.8. The molecular weight excluding hydrogens is 300 g/mol. The van der Waals surface area contributed by atoms with Gasteiger partial charge in [0.05, 0.1) is 37.3 Å². The minimum atomic E-state index is 0.288. The summed E-state index contributed by atoms with van der Waals surface area (Å²) in [5.41, 5.74) is 5.36. The lowest BCUT2D eigenvalue weighted by molar-refractivity contribution is -0.110. The summed E-state index contributed by atoms with van der Waals surface area (Å²) < 4.78 is 10.1. The van der Waals surface area contributed by atoms with Crippen LogP contribution in [0.3, 0.4) is 0 Å². The van der Waals surface area contributed by atoms with Crippen molar-refractivity contribution in [1.82, 2.24) is 19.1 Å². The first-order valence-electron chi connectivity index (χ1n) is 9.02. The van der Waals surface area contributed by atoms with E-state index in [9.17, 15) is 0 Å². The molecule has 5 heteroatoms. The van der Waals surface area contributed by atoms with E-state index in [2.05, 4.69) is 46.8 Å². The predicted molar refractivity (Wildman–Crippen MR) is 92.9 cm³/mol. The van der Waals surface area contributed by atoms with E-state index in [4.69, 9.17) is 4.74 Å². The van der Waals surface area contributed by atoms with Crippen LogP contribution in [0, 0.1) is 38.0 Å². The third-order valence-electron chi connectivity index (χ3n) is 5.91. The van der Waals surface area contributed by atoms with Gasteiger partial charge in [0.2, 0.25) is 0 Å². The molecule has 2 aromatic heterocycles. The summed E-state index contributed by atoms with van der Waals surface area (Å²) in [5.74, 6) is 1.56. The van der Waals surface area contributed by atoms with E-state index in [0.29, 0.717) is 0 Å². The van der Waals surface area contributed by atoms with Crippen LogP contribution in [-0.2, 0) is 24.2 Å². The Kier molecular flexibility index (Phi) is 3.79. The predicted octanol–water partition coefficient (Wildman–Crippen LogP) is 2.92. The lowest BCUT2D eigenvalue weighted by atomic mass is 9.88. The minimum absolute atomic E-state index is 0.288. The molecule has 2 fully saturated rings. The molecule has 0 spiro atoms. The second kappa shape index (κ2) is 5.73. The quantitative estimate of drug-likeness (QED) is 0.819. The van der Waals surface area contributed by atoms with Gasteiger partial charge in [0.25, 0.3) is 0 Å². The molecule has 0 N–H and O–H groups in total. The van der Waals surface area contributed by atoms with Crippen molar-refractivity contribution >= 4 is 0 Å². The molecule has 3 heterocycles. The highest BCUT2D eigenvalue weighted by Crippen LogP contribution is 2.43. The number of hydrogen-bond acceptors (Lipinski definition) is 3. The van der Waals surface area contributed by atoms with Crippen LogP contribution in [0.15, 0.2) is 12.7 Å². The zero-order chi connectivity index (χ0) is 16.9. The van der Waals surface area contributed by atoms with Gasteiger partial charge in [0, 0.05) is 29.9 Å². The number of nitrogens with zero attached hydrogens (tertiary/aromatic N) is 4. The molecule has 1 saturated carbocycles. The lowest BCUT2D eigenvalue weighted by Gasteiger charge is -2.38. The van der Waals surface area contributed by atoms with E-state index >= 15 is 0 Å². The van der Waals surface area contributed by atoms with Gasteiger partial charge in [0.1, 0.15) is 0 Å². The van der Waals surface area contributed by atoms with Gasteiger partial charge in [-0.2, -0.15) is 0 Å². The van der Waals surface area contributed by atoms with E-state index in [-0.39, 0.29) is 5.41 Å². The highest BCUT2D eigenvalue weighted by molar-refractivity contribution is 5.15. The third-order valence-corrected chi connectivity index (χ3v) is 5.91. The van der Waals surface area contributed by atoms with Crippen molar-refractivity contribution in [1.29, 1.82) is 0 Å². The maximum Gasteiger partial charge on any atom is 0.0951 e. The summed E-state index contributed by atoms with van der Waals surface area (Å²) in [6, 6.07) is 0. The molecule has 0 bridgehead atoms. The highest BCUT2D eigenvalue weighted by atomic mass is 16.5. The van der Waals surface area contributed by atoms with Gasteiger partial charge >= 0.3 is 0 Å². The number of ether oxygens (including phenoxy) is 1. The number of imidazole rings is 2. The average Bonchev–Trinajstić information content (AvgIpc) is 3.07. The van der Waals surface area contributed by atoms with Crippen molar-refractivity contribution in [3.8, 4) is 0 Å². The Labute approximate surface area is 144 Å². The molecule has 4 rings (SSSR count). The highest BCUT2D eigenvalue weighted by Gasteiger charge is 2.39. The molecule has 1 aliphatic carbocycles. The van der Waals surface area contributed by atoms with Crippen LogP contribution >= 0.6 is 0 Å². The third kappa shape index (κ3) is 2.90. The standard InChI is InChI=1S/C19H28N4O/c1-13-15(3)22(11-20-13)7-17-5-16(17)6-18-14(2)21-12-23(18)8-19(4)9-24-10-19/h11-12,16-17H,5-10H2,1-4H3. The second-order valence-corrected chi connectivity index (χ2v) is 8.24. The monoisotopic (exact) mass is 328 g/mol. The Bertz CT molecular complexity index is 741. The molecular formula is C19H28N4O. The van der Waals surface area contributed by atoms with Crippen LogP contribution < -0.4 is 0 Å². The van der Waals surface area contributed by atoms with Crippen LogP contribution in [0.25, 0.3) is 0 Å². The Morgan fingerprint density at radius 3 is 2.42 bits per heavy atom. The molecule has 1 saturated heterocycles. The Morgan fingerprint density at radius 1 is 1.08 bits per heavy atom. The van der Waals surface area contributed by atoms with Gasteiger partial charge in [-0.3, -0.25) is 0 Å². The lowest BCUT2D eigenvalue weighted by Crippen LogP contribution is -2.43. The maximum atomic E-state index is 5.40. The van der Waals surface area contributed by atoms with Gasteiger partial charge in [-0.1, -0.05) is 6.92 Å². The second-order valence-electron chi connectivity index (χ2n) is 8.24. The first kappa shape index (κ1) is 15.9. The van der Waals surface area contributed by atoms with Crippen molar-refractivity contribution in [2.75, 3.05) is 13.2 Å². The van der Waals surface area contributed by atoms with Crippen LogP contribution in [0.5, 0.6) is 0 Å². The van der Waals surface area contributed by atoms with Gasteiger partial charge < -0.3 is 13.9 Å². The zero-order valence-corrected chi connectivity index (χ0v) is 15.2. The number of aromatic nitrogens is 4. The molecule has 5 nitrogen and oxygen atoms in total. The SMILES string of the molecule is Cc1ncn(CC2CC2Cc2c(C)ncn2CC2(C)COC2)c1C. The first-order chi connectivity index (χ1) is 11.5. The molecule has 2 aromatic rings. The van der Waals surface area contributed by atoms with Gasteiger partial charge in [-0.25, -0.2) is 9.97 Å². The van der Waals surface area contributed by atoms with Crippen molar-refractivity contribution in [3.63, 3.8) is 0 Å². The molecule has 0 radical (unpaired) electrons.